The second-order valence-electron chi connectivity index (χ2n) is 13.3. The summed E-state index contributed by atoms with van der Waals surface area (Å²) in [4.78, 5) is 10.7. The fourth-order valence-corrected chi connectivity index (χ4v) is 8.33. The highest BCUT2D eigenvalue weighted by Gasteiger charge is 2.22. The van der Waals surface area contributed by atoms with Gasteiger partial charge in [-0.05, 0) is 72.9 Å². The third kappa shape index (κ3) is 4.12. The summed E-state index contributed by atoms with van der Waals surface area (Å²) in [5.41, 5.74) is 7.43. The van der Waals surface area contributed by atoms with Crippen LogP contribution in [0.1, 0.15) is 0 Å². The Labute approximate surface area is 293 Å². The largest absolute Gasteiger partial charge is 0.277 e. The van der Waals surface area contributed by atoms with Crippen molar-refractivity contribution in [1.29, 1.82) is 0 Å². The van der Waals surface area contributed by atoms with E-state index in [1.807, 2.05) is 6.07 Å². The molecule has 236 valence electrons. The minimum Gasteiger partial charge on any atom is -0.277 e. The van der Waals surface area contributed by atoms with E-state index in [0.717, 1.165) is 38.8 Å². The summed E-state index contributed by atoms with van der Waals surface area (Å²) in [7, 11) is 0. The van der Waals surface area contributed by atoms with Crippen molar-refractivity contribution in [3.8, 4) is 28.3 Å². The first kappa shape index (κ1) is 28.0. The Hall–Kier alpha value is -6.84. The number of fused-ring (bicyclic) bond motifs is 11. The molecule has 0 aliphatic heterocycles. The van der Waals surface area contributed by atoms with E-state index in [1.54, 1.807) is 0 Å². The first-order valence-corrected chi connectivity index (χ1v) is 17.4. The Morgan fingerprint density at radius 2 is 0.922 bits per heavy atom. The number of benzene rings is 9. The number of para-hydroxylation sites is 2. The molecular weight excluding hydrogens is 619 g/mol. The molecule has 0 saturated heterocycles. The molecule has 3 nitrogen and oxygen atoms in total. The van der Waals surface area contributed by atoms with E-state index in [2.05, 4.69) is 174 Å². The maximum absolute atomic E-state index is 5.41. The molecule has 0 unspecified atom stereocenters. The fourth-order valence-electron chi connectivity index (χ4n) is 8.33. The van der Waals surface area contributed by atoms with Crippen molar-refractivity contribution in [2.45, 2.75) is 0 Å². The van der Waals surface area contributed by atoms with Gasteiger partial charge < -0.3 is 0 Å². The van der Waals surface area contributed by atoms with E-state index < -0.39 is 0 Å². The molecule has 3 heteroatoms. The van der Waals surface area contributed by atoms with Crippen molar-refractivity contribution in [2.24, 2.45) is 0 Å². The van der Waals surface area contributed by atoms with Crippen molar-refractivity contribution in [3.63, 3.8) is 0 Å². The number of nitrogens with zero attached hydrogens (tertiary/aromatic N) is 3. The number of hydrogen-bond donors (Lipinski definition) is 0. The van der Waals surface area contributed by atoms with Crippen LogP contribution in [0.3, 0.4) is 0 Å². The Kier molecular flexibility index (Phi) is 5.96. The first-order chi connectivity index (χ1) is 25.3. The highest BCUT2D eigenvalue weighted by atomic mass is 15.2. The van der Waals surface area contributed by atoms with Gasteiger partial charge in [0.2, 0.25) is 5.95 Å². The average Bonchev–Trinajstić information content (AvgIpc) is 3.53. The summed E-state index contributed by atoms with van der Waals surface area (Å²) >= 11 is 0. The van der Waals surface area contributed by atoms with Gasteiger partial charge in [-0.3, -0.25) is 4.57 Å². The number of aromatic nitrogens is 3. The van der Waals surface area contributed by atoms with Crippen LogP contribution in [0.15, 0.2) is 176 Å². The van der Waals surface area contributed by atoms with Crippen LogP contribution in [-0.4, -0.2) is 14.5 Å². The van der Waals surface area contributed by atoms with Gasteiger partial charge in [0, 0.05) is 27.3 Å². The third-order valence-corrected chi connectivity index (χ3v) is 10.6. The summed E-state index contributed by atoms with van der Waals surface area (Å²) in [6.07, 6.45) is 0. The van der Waals surface area contributed by atoms with Gasteiger partial charge in [0.1, 0.15) is 0 Å². The molecule has 0 atom stereocenters. The molecular formula is C48H29N3. The lowest BCUT2D eigenvalue weighted by Gasteiger charge is -2.16. The van der Waals surface area contributed by atoms with E-state index in [1.165, 1.54) is 59.4 Å². The fraction of sp³-hybridized carbons (Fsp3) is 0. The maximum Gasteiger partial charge on any atom is 0.235 e. The van der Waals surface area contributed by atoms with Gasteiger partial charge in [0.15, 0.2) is 0 Å². The van der Waals surface area contributed by atoms with Gasteiger partial charge in [-0.25, -0.2) is 9.97 Å². The normalized spacial score (nSPS) is 11.9. The Morgan fingerprint density at radius 3 is 1.67 bits per heavy atom. The van der Waals surface area contributed by atoms with Crippen molar-refractivity contribution in [1.82, 2.24) is 14.5 Å². The lowest BCUT2D eigenvalue weighted by molar-refractivity contribution is 1.01. The molecule has 11 rings (SSSR count). The van der Waals surface area contributed by atoms with Crippen molar-refractivity contribution in [2.75, 3.05) is 0 Å². The zero-order valence-corrected chi connectivity index (χ0v) is 27.6. The summed E-state index contributed by atoms with van der Waals surface area (Å²) in [6.45, 7) is 0. The van der Waals surface area contributed by atoms with E-state index in [0.29, 0.717) is 5.95 Å². The van der Waals surface area contributed by atoms with Gasteiger partial charge in [0.25, 0.3) is 0 Å². The molecule has 9 aromatic carbocycles. The molecule has 11 aromatic rings. The molecule has 0 amide bonds. The van der Waals surface area contributed by atoms with E-state index in [9.17, 15) is 0 Å². The van der Waals surface area contributed by atoms with Crippen LogP contribution in [-0.2, 0) is 0 Å². The maximum atomic E-state index is 5.41. The van der Waals surface area contributed by atoms with Crippen molar-refractivity contribution in [3.05, 3.63) is 176 Å². The molecule has 2 heterocycles. The average molecular weight is 648 g/mol. The zero-order valence-electron chi connectivity index (χ0n) is 27.6. The van der Waals surface area contributed by atoms with Crippen LogP contribution in [0, 0.1) is 0 Å². The molecule has 0 aliphatic rings. The SMILES string of the molecule is c1ccc(-c2nc(-n3c4ccccc4c4cc5ccccc5c(-c5ccc6c7ccccc7c7ccccc7c6c5)c43)nc3ccccc23)cc1. The minimum atomic E-state index is 0.660. The lowest BCUT2D eigenvalue weighted by atomic mass is 9.90. The van der Waals surface area contributed by atoms with Crippen molar-refractivity contribution >= 4 is 75.8 Å². The summed E-state index contributed by atoms with van der Waals surface area (Å²) in [5.74, 6) is 0.660. The Morgan fingerprint density at radius 1 is 0.353 bits per heavy atom. The van der Waals surface area contributed by atoms with Crippen LogP contribution < -0.4 is 0 Å². The van der Waals surface area contributed by atoms with Crippen LogP contribution >= 0.6 is 0 Å². The molecule has 0 bridgehead atoms. The highest BCUT2D eigenvalue weighted by Crippen LogP contribution is 2.45. The number of rotatable bonds is 3. The monoisotopic (exact) mass is 647 g/mol. The van der Waals surface area contributed by atoms with E-state index >= 15 is 0 Å². The topological polar surface area (TPSA) is 30.7 Å². The smallest absolute Gasteiger partial charge is 0.235 e. The Bertz CT molecular complexity index is 3160. The lowest BCUT2D eigenvalue weighted by Crippen LogP contribution is -2.04. The quantitative estimate of drug-likeness (QED) is 0.179. The van der Waals surface area contributed by atoms with E-state index in [-0.39, 0.29) is 0 Å². The van der Waals surface area contributed by atoms with Gasteiger partial charge >= 0.3 is 0 Å². The predicted molar refractivity (Wildman–Crippen MR) is 215 cm³/mol. The molecule has 0 fully saturated rings. The van der Waals surface area contributed by atoms with Gasteiger partial charge in [-0.2, -0.15) is 0 Å². The summed E-state index contributed by atoms with van der Waals surface area (Å²) in [5, 5.41) is 13.4. The van der Waals surface area contributed by atoms with Crippen molar-refractivity contribution < 1.29 is 0 Å². The third-order valence-electron chi connectivity index (χ3n) is 10.6. The summed E-state index contributed by atoms with van der Waals surface area (Å²) < 4.78 is 2.30. The molecule has 0 aliphatic carbocycles. The molecule has 0 N–H and O–H groups in total. The molecule has 0 spiro atoms. The van der Waals surface area contributed by atoms with Gasteiger partial charge in [-0.1, -0.05) is 152 Å². The summed E-state index contributed by atoms with van der Waals surface area (Å²) in [6, 6.07) is 63.2. The highest BCUT2D eigenvalue weighted by molar-refractivity contribution is 6.27. The molecule has 51 heavy (non-hydrogen) atoms. The molecule has 2 aromatic heterocycles. The predicted octanol–water partition coefficient (Wildman–Crippen LogP) is 12.7. The Balaban J connectivity index is 1.31. The van der Waals surface area contributed by atoms with Gasteiger partial charge in [0.05, 0.1) is 22.2 Å². The van der Waals surface area contributed by atoms with Crippen LogP contribution in [0.2, 0.25) is 0 Å². The van der Waals surface area contributed by atoms with Crippen LogP contribution in [0.5, 0.6) is 0 Å². The van der Waals surface area contributed by atoms with E-state index in [4.69, 9.17) is 9.97 Å². The van der Waals surface area contributed by atoms with Gasteiger partial charge in [-0.15, -0.1) is 0 Å². The molecule has 0 radical (unpaired) electrons. The minimum absolute atomic E-state index is 0.660. The second-order valence-corrected chi connectivity index (χ2v) is 13.3. The standard InChI is InChI=1S/C48H29N3/c1-2-14-30(15-3-1)46-40-23-10-12-24-43(40)49-48(50-46)51-44-25-13-11-22-39(44)42-28-31-16-4-5-17-33(31)45(47(42)51)32-26-27-38-36-20-7-6-18-34(36)35-19-8-9-21-37(35)41(38)29-32/h1-29H. The number of hydrogen-bond acceptors (Lipinski definition) is 2. The van der Waals surface area contributed by atoms with Crippen LogP contribution in [0.4, 0.5) is 0 Å². The molecule has 0 saturated carbocycles. The first-order valence-electron chi connectivity index (χ1n) is 17.4. The van der Waals surface area contributed by atoms with Crippen LogP contribution in [0.25, 0.3) is 104 Å². The second kappa shape index (κ2) is 10.8. The zero-order chi connectivity index (χ0) is 33.5.